The van der Waals surface area contributed by atoms with Crippen LogP contribution in [-0.4, -0.2) is 59.4 Å². The minimum Gasteiger partial charge on any atom is -0.453 e. The number of fused-ring (bicyclic) bond motifs is 1. The Bertz CT molecular complexity index is 1100. The first-order valence-electron chi connectivity index (χ1n) is 9.47. The van der Waals surface area contributed by atoms with E-state index in [1.54, 1.807) is 19.2 Å². The lowest BCUT2D eigenvalue weighted by molar-refractivity contribution is 0.0875. The molecule has 0 aliphatic rings. The number of aliphatic hydroxyl groups is 1. The van der Waals surface area contributed by atoms with E-state index in [0.717, 1.165) is 16.7 Å². The van der Waals surface area contributed by atoms with Crippen LogP contribution >= 0.6 is 11.6 Å². The van der Waals surface area contributed by atoms with E-state index in [0.29, 0.717) is 42.1 Å². The second-order valence-corrected chi connectivity index (χ2v) is 6.68. The van der Waals surface area contributed by atoms with Crippen LogP contribution in [-0.2, 0) is 11.3 Å². The number of aromatic nitrogens is 3. The van der Waals surface area contributed by atoms with Gasteiger partial charge in [-0.1, -0.05) is 11.6 Å². The summed E-state index contributed by atoms with van der Waals surface area (Å²) in [6.45, 7) is 4.78. The second kappa shape index (κ2) is 11.2. The molecule has 0 amide bonds. The Labute approximate surface area is 184 Å². The van der Waals surface area contributed by atoms with Gasteiger partial charge in [0.15, 0.2) is 11.6 Å². The summed E-state index contributed by atoms with van der Waals surface area (Å²) in [5.41, 5.74) is 2.38. The quantitative estimate of drug-likeness (QED) is 0.267. The van der Waals surface area contributed by atoms with Crippen molar-refractivity contribution in [1.29, 1.82) is 0 Å². The van der Waals surface area contributed by atoms with E-state index in [1.807, 2.05) is 22.9 Å². The van der Waals surface area contributed by atoms with E-state index < -0.39 is 0 Å². The van der Waals surface area contributed by atoms with E-state index in [-0.39, 0.29) is 6.61 Å². The minimum atomic E-state index is -0.00452. The molecule has 1 aromatic carbocycles. The predicted octanol–water partition coefficient (Wildman–Crippen LogP) is 3.46. The summed E-state index contributed by atoms with van der Waals surface area (Å²) in [7, 11) is 1.63. The minimum absolute atomic E-state index is 0.00452. The van der Waals surface area contributed by atoms with Crippen molar-refractivity contribution < 1.29 is 14.6 Å². The molecule has 2 heterocycles. The number of hydrogen-bond donors (Lipinski definition) is 2. The molecule has 162 valence electrons. The molecular formula is C21H23ClN6O3. The number of allylic oxidation sites excluding steroid dienone is 1. The van der Waals surface area contributed by atoms with E-state index in [9.17, 15) is 0 Å². The monoisotopic (exact) mass is 442 g/mol. The van der Waals surface area contributed by atoms with Gasteiger partial charge in [-0.25, -0.2) is 9.97 Å². The van der Waals surface area contributed by atoms with Crippen molar-refractivity contribution in [2.24, 2.45) is 9.98 Å². The highest BCUT2D eigenvalue weighted by molar-refractivity contribution is 6.32. The lowest BCUT2D eigenvalue weighted by Gasteiger charge is -2.12. The number of aliphatic hydroxyl groups excluding tert-OH is 1. The SMILES string of the molecule is C=NC=C(C=NC)Oc1ccc(Nc2ncnc3ccn(CCOCCO)c23)cc1Cl. The zero-order chi connectivity index (χ0) is 22.1. The van der Waals surface area contributed by atoms with E-state index in [1.165, 1.54) is 18.7 Å². The molecular weight excluding hydrogens is 420 g/mol. The predicted molar refractivity (Wildman–Crippen MR) is 123 cm³/mol. The van der Waals surface area contributed by atoms with Gasteiger partial charge in [-0.3, -0.25) is 9.98 Å². The molecule has 9 nitrogen and oxygen atoms in total. The third-order valence-corrected chi connectivity index (χ3v) is 4.45. The first-order valence-corrected chi connectivity index (χ1v) is 9.85. The Morgan fingerprint density at radius 3 is 2.94 bits per heavy atom. The van der Waals surface area contributed by atoms with E-state index in [2.05, 4.69) is 32.0 Å². The van der Waals surface area contributed by atoms with Crippen molar-refractivity contribution in [1.82, 2.24) is 14.5 Å². The zero-order valence-corrected chi connectivity index (χ0v) is 17.8. The number of ether oxygens (including phenoxy) is 2. The van der Waals surface area contributed by atoms with Gasteiger partial charge < -0.3 is 24.5 Å². The maximum absolute atomic E-state index is 8.85. The highest BCUT2D eigenvalue weighted by atomic mass is 35.5. The molecule has 0 fully saturated rings. The summed E-state index contributed by atoms with van der Waals surface area (Å²) < 4.78 is 13.1. The van der Waals surface area contributed by atoms with Crippen molar-refractivity contribution in [2.75, 3.05) is 32.2 Å². The average Bonchev–Trinajstić information content (AvgIpc) is 3.18. The zero-order valence-electron chi connectivity index (χ0n) is 17.0. The molecule has 10 heteroatoms. The molecule has 0 spiro atoms. The van der Waals surface area contributed by atoms with Crippen LogP contribution in [0.3, 0.4) is 0 Å². The average molecular weight is 443 g/mol. The van der Waals surface area contributed by atoms with Gasteiger partial charge in [0.2, 0.25) is 0 Å². The molecule has 31 heavy (non-hydrogen) atoms. The molecule has 0 atom stereocenters. The maximum atomic E-state index is 8.85. The van der Waals surface area contributed by atoms with Crippen LogP contribution in [0, 0.1) is 0 Å². The third kappa shape index (κ3) is 5.88. The fourth-order valence-corrected chi connectivity index (χ4v) is 3.09. The van der Waals surface area contributed by atoms with Gasteiger partial charge in [-0.15, -0.1) is 0 Å². The van der Waals surface area contributed by atoms with Gasteiger partial charge in [-0.05, 0) is 31.0 Å². The summed E-state index contributed by atoms with van der Waals surface area (Å²) in [6.07, 6.45) is 6.39. The number of rotatable bonds is 11. The Hall–Kier alpha value is -3.27. The second-order valence-electron chi connectivity index (χ2n) is 6.27. The van der Waals surface area contributed by atoms with Gasteiger partial charge >= 0.3 is 0 Å². The lowest BCUT2D eigenvalue weighted by Crippen LogP contribution is -2.09. The molecule has 0 aliphatic carbocycles. The summed E-state index contributed by atoms with van der Waals surface area (Å²) in [4.78, 5) is 16.3. The smallest absolute Gasteiger partial charge is 0.163 e. The van der Waals surface area contributed by atoms with Crippen LogP contribution in [0.4, 0.5) is 11.5 Å². The molecule has 3 aromatic rings. The molecule has 2 aromatic heterocycles. The van der Waals surface area contributed by atoms with Crippen LogP contribution in [0.5, 0.6) is 5.75 Å². The van der Waals surface area contributed by atoms with Gasteiger partial charge in [0.1, 0.15) is 17.6 Å². The maximum Gasteiger partial charge on any atom is 0.163 e. The molecule has 0 saturated heterocycles. The van der Waals surface area contributed by atoms with Crippen molar-refractivity contribution >= 4 is 47.1 Å². The van der Waals surface area contributed by atoms with Crippen LogP contribution < -0.4 is 10.1 Å². The Balaban J connectivity index is 1.81. The molecule has 0 aliphatic heterocycles. The normalized spacial score (nSPS) is 11.9. The highest BCUT2D eigenvalue weighted by Gasteiger charge is 2.11. The molecule has 0 bridgehead atoms. The number of aliphatic imine (C=N–C) groups is 2. The van der Waals surface area contributed by atoms with Crippen molar-refractivity contribution in [2.45, 2.75) is 6.54 Å². The van der Waals surface area contributed by atoms with Crippen molar-refractivity contribution in [3.05, 3.63) is 53.8 Å². The van der Waals surface area contributed by atoms with Crippen molar-refractivity contribution in [3.63, 3.8) is 0 Å². The van der Waals surface area contributed by atoms with Crippen LogP contribution in [0.25, 0.3) is 11.0 Å². The van der Waals surface area contributed by atoms with Crippen molar-refractivity contribution in [3.8, 4) is 5.75 Å². The molecule has 0 radical (unpaired) electrons. The fourth-order valence-electron chi connectivity index (χ4n) is 2.87. The molecule has 2 N–H and O–H groups in total. The van der Waals surface area contributed by atoms with Gasteiger partial charge in [0, 0.05) is 25.5 Å². The molecule has 0 saturated carbocycles. The first kappa shape index (κ1) is 22.4. The van der Waals surface area contributed by atoms with E-state index in [4.69, 9.17) is 26.2 Å². The fraction of sp³-hybridized carbons (Fsp3) is 0.238. The topological polar surface area (TPSA) is 106 Å². The summed E-state index contributed by atoms with van der Waals surface area (Å²) in [6, 6.07) is 7.22. The summed E-state index contributed by atoms with van der Waals surface area (Å²) >= 11 is 6.41. The molecule has 3 rings (SSSR count). The number of benzene rings is 1. The Morgan fingerprint density at radius 1 is 1.32 bits per heavy atom. The number of anilines is 2. The number of nitrogens with zero attached hydrogens (tertiary/aromatic N) is 5. The van der Waals surface area contributed by atoms with Gasteiger partial charge in [-0.2, -0.15) is 0 Å². The highest BCUT2D eigenvalue weighted by Crippen LogP contribution is 2.31. The standard InChI is InChI=1S/C21H23ClN6O3/c1-23-12-16(13-24-2)31-19-4-3-15(11-17(19)22)27-21-20-18(25-14-26-21)5-6-28(20)7-9-30-10-8-29/h3-6,11-14,29H,1,7-10H2,2H3,(H,25,26,27). The Kier molecular flexibility index (Phi) is 8.11. The number of hydrogen-bond acceptors (Lipinski definition) is 8. The van der Waals surface area contributed by atoms with E-state index >= 15 is 0 Å². The number of nitrogens with one attached hydrogen (secondary N) is 1. The largest absolute Gasteiger partial charge is 0.453 e. The summed E-state index contributed by atoms with van der Waals surface area (Å²) in [5, 5.41) is 12.5. The number of halogens is 1. The van der Waals surface area contributed by atoms with Crippen LogP contribution in [0.1, 0.15) is 0 Å². The van der Waals surface area contributed by atoms with Gasteiger partial charge in [0.25, 0.3) is 0 Å². The van der Waals surface area contributed by atoms with Crippen LogP contribution in [0.15, 0.2) is 58.7 Å². The molecule has 0 unspecified atom stereocenters. The summed E-state index contributed by atoms with van der Waals surface area (Å²) in [5.74, 6) is 1.51. The third-order valence-electron chi connectivity index (χ3n) is 4.16. The first-order chi connectivity index (χ1) is 15.2. The lowest BCUT2D eigenvalue weighted by atomic mass is 10.3. The van der Waals surface area contributed by atoms with Gasteiger partial charge in [0.05, 0.1) is 42.8 Å². The Morgan fingerprint density at radius 2 is 2.19 bits per heavy atom. The van der Waals surface area contributed by atoms with Crippen LogP contribution in [0.2, 0.25) is 5.02 Å².